The van der Waals surface area contributed by atoms with Crippen LogP contribution in [0.5, 0.6) is 0 Å². The molecule has 1 unspecified atom stereocenters. The first-order valence-corrected chi connectivity index (χ1v) is 4.43. The van der Waals surface area contributed by atoms with Gasteiger partial charge in [0.05, 0.1) is 0 Å². The van der Waals surface area contributed by atoms with Crippen LogP contribution < -0.4 is 5.32 Å². The third kappa shape index (κ3) is 1.57. The first-order chi connectivity index (χ1) is 5.86. The topological polar surface area (TPSA) is 37.8 Å². The van der Waals surface area contributed by atoms with E-state index in [1.54, 1.807) is 6.20 Å². The van der Waals surface area contributed by atoms with Crippen molar-refractivity contribution < 1.29 is 0 Å². The summed E-state index contributed by atoms with van der Waals surface area (Å²) in [5.41, 5.74) is 1.06. The van der Waals surface area contributed by atoms with E-state index in [-0.39, 0.29) is 0 Å². The van der Waals surface area contributed by atoms with Gasteiger partial charge in [-0.25, -0.2) is 9.97 Å². The van der Waals surface area contributed by atoms with Gasteiger partial charge in [-0.1, -0.05) is 0 Å². The molecule has 1 aromatic rings. The van der Waals surface area contributed by atoms with Crippen molar-refractivity contribution in [3.8, 4) is 0 Å². The van der Waals surface area contributed by atoms with Crippen molar-refractivity contribution in [2.75, 3.05) is 13.1 Å². The third-order valence-corrected chi connectivity index (χ3v) is 2.31. The molecule has 1 N–H and O–H groups in total. The molecule has 12 heavy (non-hydrogen) atoms. The van der Waals surface area contributed by atoms with Gasteiger partial charge in [0, 0.05) is 24.4 Å². The Morgan fingerprint density at radius 3 is 3.17 bits per heavy atom. The lowest BCUT2D eigenvalue weighted by Gasteiger charge is -2.05. The largest absolute Gasteiger partial charge is 0.316 e. The van der Waals surface area contributed by atoms with Gasteiger partial charge in [0.2, 0.25) is 5.28 Å². The Morgan fingerprint density at radius 1 is 1.58 bits per heavy atom. The maximum Gasteiger partial charge on any atom is 0.222 e. The van der Waals surface area contributed by atoms with E-state index in [0.717, 1.165) is 25.2 Å². The van der Waals surface area contributed by atoms with Crippen molar-refractivity contribution >= 4 is 11.6 Å². The molecule has 0 amide bonds. The second kappa shape index (κ2) is 3.37. The molecule has 4 heteroatoms. The molecule has 1 aliphatic rings. The molecule has 2 rings (SSSR count). The number of hydrogen-bond acceptors (Lipinski definition) is 3. The van der Waals surface area contributed by atoms with Gasteiger partial charge in [-0.2, -0.15) is 0 Å². The zero-order valence-corrected chi connectivity index (χ0v) is 7.38. The second-order valence-electron chi connectivity index (χ2n) is 2.94. The molecule has 3 nitrogen and oxygen atoms in total. The quantitative estimate of drug-likeness (QED) is 0.666. The minimum atomic E-state index is 0.347. The highest BCUT2D eigenvalue weighted by Crippen LogP contribution is 2.20. The average Bonchev–Trinajstić information content (AvgIpc) is 2.56. The Hall–Kier alpha value is -0.670. The van der Waals surface area contributed by atoms with Crippen LogP contribution in [-0.4, -0.2) is 23.1 Å². The van der Waals surface area contributed by atoms with Gasteiger partial charge in [-0.05, 0) is 30.6 Å². The summed E-state index contributed by atoms with van der Waals surface area (Å²) in [5, 5.41) is 3.63. The molecule has 1 atom stereocenters. The van der Waals surface area contributed by atoms with Crippen LogP contribution in [0.4, 0.5) is 0 Å². The number of aromatic nitrogens is 2. The second-order valence-corrected chi connectivity index (χ2v) is 3.28. The molecule has 0 saturated carbocycles. The highest BCUT2D eigenvalue weighted by Gasteiger charge is 2.17. The number of nitrogens with one attached hydrogen (secondary N) is 1. The summed E-state index contributed by atoms with van der Waals surface area (Å²) in [6, 6.07) is 1.93. The lowest BCUT2D eigenvalue weighted by atomic mass is 10.1. The third-order valence-electron chi connectivity index (χ3n) is 2.13. The summed E-state index contributed by atoms with van der Waals surface area (Å²) >= 11 is 5.68. The molecule has 1 aromatic heterocycles. The monoisotopic (exact) mass is 183 g/mol. The number of hydrogen-bond donors (Lipinski definition) is 1. The van der Waals surface area contributed by atoms with Crippen molar-refractivity contribution in [2.24, 2.45) is 0 Å². The molecular weight excluding hydrogens is 174 g/mol. The normalized spacial score (nSPS) is 22.9. The van der Waals surface area contributed by atoms with Gasteiger partial charge in [0.15, 0.2) is 0 Å². The standard InChI is InChI=1S/C8H10ClN3/c9-8-11-4-2-7(12-8)6-1-3-10-5-6/h2,4,6,10H,1,3,5H2. The van der Waals surface area contributed by atoms with E-state index >= 15 is 0 Å². The summed E-state index contributed by atoms with van der Waals surface area (Å²) in [4.78, 5) is 8.01. The van der Waals surface area contributed by atoms with Crippen molar-refractivity contribution in [1.29, 1.82) is 0 Å². The van der Waals surface area contributed by atoms with Gasteiger partial charge in [-0.3, -0.25) is 0 Å². The fraction of sp³-hybridized carbons (Fsp3) is 0.500. The lowest BCUT2D eigenvalue weighted by molar-refractivity contribution is 0.730. The van der Waals surface area contributed by atoms with E-state index in [1.807, 2.05) is 6.07 Å². The summed E-state index contributed by atoms with van der Waals surface area (Å²) in [6.07, 6.45) is 2.86. The predicted molar refractivity (Wildman–Crippen MR) is 47.3 cm³/mol. The molecule has 0 bridgehead atoms. The average molecular weight is 184 g/mol. The maximum atomic E-state index is 5.68. The maximum absolute atomic E-state index is 5.68. The van der Waals surface area contributed by atoms with Crippen LogP contribution in [0.2, 0.25) is 5.28 Å². The molecule has 0 spiro atoms. The van der Waals surface area contributed by atoms with Gasteiger partial charge in [-0.15, -0.1) is 0 Å². The van der Waals surface area contributed by atoms with Gasteiger partial charge >= 0.3 is 0 Å². The summed E-state index contributed by atoms with van der Waals surface area (Å²) in [6.45, 7) is 2.08. The van der Waals surface area contributed by atoms with Gasteiger partial charge < -0.3 is 5.32 Å². The summed E-state index contributed by atoms with van der Waals surface area (Å²) < 4.78 is 0. The van der Waals surface area contributed by atoms with E-state index in [4.69, 9.17) is 11.6 Å². The van der Waals surface area contributed by atoms with Crippen LogP contribution in [0.3, 0.4) is 0 Å². The Labute approximate surface area is 76.2 Å². The van der Waals surface area contributed by atoms with E-state index in [0.29, 0.717) is 11.2 Å². The number of nitrogens with zero attached hydrogens (tertiary/aromatic N) is 2. The highest BCUT2D eigenvalue weighted by molar-refractivity contribution is 6.28. The Morgan fingerprint density at radius 2 is 2.50 bits per heavy atom. The number of rotatable bonds is 1. The van der Waals surface area contributed by atoms with Crippen LogP contribution in [0, 0.1) is 0 Å². The fourth-order valence-corrected chi connectivity index (χ4v) is 1.64. The molecule has 1 aliphatic heterocycles. The Bertz CT molecular complexity index is 271. The van der Waals surface area contributed by atoms with Gasteiger partial charge in [0.1, 0.15) is 0 Å². The molecule has 64 valence electrons. The molecule has 0 radical (unpaired) electrons. The van der Waals surface area contributed by atoms with Crippen molar-refractivity contribution in [3.05, 3.63) is 23.2 Å². The smallest absolute Gasteiger partial charge is 0.222 e. The summed E-state index contributed by atoms with van der Waals surface area (Å²) in [5.74, 6) is 0.519. The van der Waals surface area contributed by atoms with Gasteiger partial charge in [0.25, 0.3) is 0 Å². The van der Waals surface area contributed by atoms with Crippen molar-refractivity contribution in [1.82, 2.24) is 15.3 Å². The van der Waals surface area contributed by atoms with Crippen LogP contribution in [0.15, 0.2) is 12.3 Å². The van der Waals surface area contributed by atoms with Crippen LogP contribution >= 0.6 is 11.6 Å². The predicted octanol–water partition coefficient (Wildman–Crippen LogP) is 1.21. The van der Waals surface area contributed by atoms with Crippen molar-refractivity contribution in [2.45, 2.75) is 12.3 Å². The molecular formula is C8H10ClN3. The zero-order chi connectivity index (χ0) is 8.39. The van der Waals surface area contributed by atoms with E-state index < -0.39 is 0 Å². The van der Waals surface area contributed by atoms with E-state index in [9.17, 15) is 0 Å². The minimum Gasteiger partial charge on any atom is -0.316 e. The first-order valence-electron chi connectivity index (χ1n) is 4.05. The molecule has 0 aliphatic carbocycles. The fourth-order valence-electron chi connectivity index (χ4n) is 1.48. The number of halogens is 1. The first kappa shape index (κ1) is 7.95. The Balaban J connectivity index is 2.21. The highest BCUT2D eigenvalue weighted by atomic mass is 35.5. The van der Waals surface area contributed by atoms with E-state index in [1.165, 1.54) is 0 Å². The minimum absolute atomic E-state index is 0.347. The van der Waals surface area contributed by atoms with E-state index in [2.05, 4.69) is 15.3 Å². The molecule has 1 saturated heterocycles. The molecule has 1 fully saturated rings. The lowest BCUT2D eigenvalue weighted by Crippen LogP contribution is -2.09. The van der Waals surface area contributed by atoms with Crippen LogP contribution in [0.1, 0.15) is 18.0 Å². The molecule has 0 aromatic carbocycles. The SMILES string of the molecule is Clc1nccc(C2CCNC2)n1. The Kier molecular flexibility index (Phi) is 2.23. The molecule has 2 heterocycles. The van der Waals surface area contributed by atoms with Crippen molar-refractivity contribution in [3.63, 3.8) is 0 Å². The zero-order valence-electron chi connectivity index (χ0n) is 6.63. The van der Waals surface area contributed by atoms with Crippen LogP contribution in [-0.2, 0) is 0 Å². The summed E-state index contributed by atoms with van der Waals surface area (Å²) in [7, 11) is 0. The van der Waals surface area contributed by atoms with Crippen LogP contribution in [0.25, 0.3) is 0 Å².